The summed E-state index contributed by atoms with van der Waals surface area (Å²) in [7, 11) is -3.91. The number of rotatable bonds is 4. The molecule has 0 aliphatic carbocycles. The van der Waals surface area contributed by atoms with E-state index in [1.165, 1.54) is 24.3 Å². The van der Waals surface area contributed by atoms with Gasteiger partial charge in [-0.05, 0) is 18.2 Å². The maximum Gasteiger partial charge on any atom is 0.269 e. The third kappa shape index (κ3) is 3.60. The fraction of sp³-hybridized carbons (Fsp3) is 0. The van der Waals surface area contributed by atoms with Crippen LogP contribution < -0.4 is 4.72 Å². The van der Waals surface area contributed by atoms with Crippen LogP contribution in [0.5, 0.6) is 0 Å². The lowest BCUT2D eigenvalue weighted by atomic mass is 10.3. The van der Waals surface area contributed by atoms with Gasteiger partial charge in [0.05, 0.1) is 9.95 Å². The predicted molar refractivity (Wildman–Crippen MR) is 78.2 cm³/mol. The van der Waals surface area contributed by atoms with Crippen molar-refractivity contribution in [3.05, 3.63) is 56.8 Å². The van der Waals surface area contributed by atoms with Crippen LogP contribution in [0.2, 0.25) is 10.2 Å². The van der Waals surface area contributed by atoms with Crippen LogP contribution in [-0.4, -0.2) is 18.3 Å². The first kappa shape index (κ1) is 15.5. The van der Waals surface area contributed by atoms with Crippen LogP contribution in [0.25, 0.3) is 0 Å². The molecule has 10 heteroatoms. The standard InChI is InChI=1S/C11H7Cl2N3O4S/c12-10-5-9(6-14-11(10)13)21(19,20)15-7-1-3-8(4-2-7)16(17)18/h1-6,15H. The summed E-state index contributed by atoms with van der Waals surface area (Å²) in [6.07, 6.45) is 1.06. The number of pyridine rings is 1. The van der Waals surface area contributed by atoms with Crippen molar-refractivity contribution in [1.82, 2.24) is 4.98 Å². The zero-order valence-corrected chi connectivity index (χ0v) is 12.5. The van der Waals surface area contributed by atoms with E-state index in [0.717, 1.165) is 12.3 Å². The average molecular weight is 348 g/mol. The van der Waals surface area contributed by atoms with Crippen LogP contribution in [-0.2, 0) is 10.0 Å². The van der Waals surface area contributed by atoms with E-state index in [9.17, 15) is 18.5 Å². The Kier molecular flexibility index (Phi) is 4.31. The van der Waals surface area contributed by atoms with Gasteiger partial charge in [-0.2, -0.15) is 0 Å². The molecular formula is C11H7Cl2N3O4S. The van der Waals surface area contributed by atoms with E-state index in [4.69, 9.17) is 23.2 Å². The molecule has 0 atom stereocenters. The lowest BCUT2D eigenvalue weighted by Gasteiger charge is -2.08. The van der Waals surface area contributed by atoms with Crippen molar-refractivity contribution >= 4 is 44.6 Å². The van der Waals surface area contributed by atoms with Crippen molar-refractivity contribution in [3.63, 3.8) is 0 Å². The Morgan fingerprint density at radius 2 is 1.81 bits per heavy atom. The van der Waals surface area contributed by atoms with Gasteiger partial charge in [-0.25, -0.2) is 13.4 Å². The molecule has 0 aliphatic rings. The van der Waals surface area contributed by atoms with Crippen LogP contribution in [0.4, 0.5) is 11.4 Å². The van der Waals surface area contributed by atoms with E-state index in [2.05, 4.69) is 9.71 Å². The van der Waals surface area contributed by atoms with E-state index in [1.54, 1.807) is 0 Å². The highest BCUT2D eigenvalue weighted by atomic mass is 35.5. The Balaban J connectivity index is 2.28. The third-order valence-corrected chi connectivity index (χ3v) is 4.45. The largest absolute Gasteiger partial charge is 0.280 e. The molecule has 21 heavy (non-hydrogen) atoms. The zero-order valence-electron chi connectivity index (χ0n) is 10.2. The molecular weight excluding hydrogens is 341 g/mol. The minimum Gasteiger partial charge on any atom is -0.280 e. The first-order valence-corrected chi connectivity index (χ1v) is 7.62. The molecule has 2 rings (SSSR count). The van der Waals surface area contributed by atoms with Crippen molar-refractivity contribution < 1.29 is 13.3 Å². The molecule has 0 fully saturated rings. The monoisotopic (exact) mass is 347 g/mol. The van der Waals surface area contributed by atoms with Crippen molar-refractivity contribution in [2.45, 2.75) is 4.90 Å². The predicted octanol–water partition coefficient (Wildman–Crippen LogP) is 3.10. The Hall–Kier alpha value is -1.90. The first-order valence-electron chi connectivity index (χ1n) is 5.38. The summed E-state index contributed by atoms with van der Waals surface area (Å²) >= 11 is 11.3. The molecule has 1 aromatic heterocycles. The number of aromatic nitrogens is 1. The minimum absolute atomic E-state index is 0.00300. The highest BCUT2D eigenvalue weighted by molar-refractivity contribution is 7.92. The summed E-state index contributed by atoms with van der Waals surface area (Å²) in [5.41, 5.74) is 0.0285. The molecule has 0 unspecified atom stereocenters. The molecule has 2 aromatic rings. The number of hydrogen-bond acceptors (Lipinski definition) is 5. The van der Waals surface area contributed by atoms with Crippen LogP contribution in [0.3, 0.4) is 0 Å². The number of nitrogens with zero attached hydrogens (tertiary/aromatic N) is 2. The molecule has 0 bridgehead atoms. The molecule has 0 saturated carbocycles. The van der Waals surface area contributed by atoms with E-state index < -0.39 is 14.9 Å². The van der Waals surface area contributed by atoms with Crippen LogP contribution in [0.1, 0.15) is 0 Å². The molecule has 0 radical (unpaired) electrons. The second kappa shape index (κ2) is 5.84. The number of halogens is 2. The van der Waals surface area contributed by atoms with Crippen LogP contribution in [0.15, 0.2) is 41.4 Å². The molecule has 1 heterocycles. The van der Waals surface area contributed by atoms with Gasteiger partial charge in [0.25, 0.3) is 15.7 Å². The molecule has 7 nitrogen and oxygen atoms in total. The molecule has 0 aliphatic heterocycles. The number of nitrogens with one attached hydrogen (secondary N) is 1. The molecule has 1 aromatic carbocycles. The van der Waals surface area contributed by atoms with Gasteiger partial charge in [0.1, 0.15) is 10.0 Å². The highest BCUT2D eigenvalue weighted by Crippen LogP contribution is 2.24. The molecule has 110 valence electrons. The number of nitro benzene ring substituents is 1. The number of non-ortho nitro benzene ring substituents is 1. The number of benzene rings is 1. The number of nitro groups is 1. The van der Waals surface area contributed by atoms with E-state index in [1.807, 2.05) is 0 Å². The van der Waals surface area contributed by atoms with Gasteiger partial charge in [-0.1, -0.05) is 23.2 Å². The van der Waals surface area contributed by atoms with Crippen molar-refractivity contribution in [1.29, 1.82) is 0 Å². The second-order valence-corrected chi connectivity index (χ2v) is 6.30. The van der Waals surface area contributed by atoms with Gasteiger partial charge >= 0.3 is 0 Å². The van der Waals surface area contributed by atoms with Crippen molar-refractivity contribution in [2.75, 3.05) is 4.72 Å². The SMILES string of the molecule is O=[N+]([O-])c1ccc(NS(=O)(=O)c2cnc(Cl)c(Cl)c2)cc1. The third-order valence-electron chi connectivity index (χ3n) is 2.41. The average Bonchev–Trinajstić information content (AvgIpc) is 2.42. The Labute approximate surface area is 129 Å². The van der Waals surface area contributed by atoms with Gasteiger partial charge in [0.2, 0.25) is 0 Å². The van der Waals surface area contributed by atoms with Gasteiger partial charge in [0, 0.05) is 24.0 Å². The van der Waals surface area contributed by atoms with Gasteiger partial charge in [0.15, 0.2) is 0 Å². The lowest BCUT2D eigenvalue weighted by molar-refractivity contribution is -0.384. The topological polar surface area (TPSA) is 102 Å². The summed E-state index contributed by atoms with van der Waals surface area (Å²) in [5, 5.41) is 10.5. The van der Waals surface area contributed by atoms with Gasteiger partial charge < -0.3 is 0 Å². The number of hydrogen-bond donors (Lipinski definition) is 1. The van der Waals surface area contributed by atoms with Crippen molar-refractivity contribution in [2.24, 2.45) is 0 Å². The minimum atomic E-state index is -3.91. The molecule has 0 spiro atoms. The van der Waals surface area contributed by atoms with E-state index >= 15 is 0 Å². The maximum absolute atomic E-state index is 12.1. The maximum atomic E-state index is 12.1. The Morgan fingerprint density at radius 1 is 1.19 bits per heavy atom. The van der Waals surface area contributed by atoms with Crippen molar-refractivity contribution in [3.8, 4) is 0 Å². The second-order valence-electron chi connectivity index (χ2n) is 3.85. The highest BCUT2D eigenvalue weighted by Gasteiger charge is 2.17. The first-order chi connectivity index (χ1) is 9.79. The van der Waals surface area contributed by atoms with Crippen LogP contribution >= 0.6 is 23.2 Å². The van der Waals surface area contributed by atoms with E-state index in [-0.39, 0.29) is 26.4 Å². The molecule has 0 saturated heterocycles. The normalized spacial score (nSPS) is 11.1. The Bertz CT molecular complexity index is 794. The summed E-state index contributed by atoms with van der Waals surface area (Å²) in [6.45, 7) is 0. The fourth-order valence-corrected chi connectivity index (χ4v) is 2.78. The number of anilines is 1. The zero-order chi connectivity index (χ0) is 15.6. The fourth-order valence-electron chi connectivity index (χ4n) is 1.42. The summed E-state index contributed by atoms with van der Waals surface area (Å²) in [4.78, 5) is 13.4. The summed E-state index contributed by atoms with van der Waals surface area (Å²) in [5.74, 6) is 0. The lowest BCUT2D eigenvalue weighted by Crippen LogP contribution is -2.13. The van der Waals surface area contributed by atoms with Crippen LogP contribution in [0, 0.1) is 10.1 Å². The molecule has 0 amide bonds. The Morgan fingerprint density at radius 3 is 2.33 bits per heavy atom. The summed E-state index contributed by atoms with van der Waals surface area (Å²) < 4.78 is 26.4. The molecule has 1 N–H and O–H groups in total. The quantitative estimate of drug-likeness (QED) is 0.520. The smallest absolute Gasteiger partial charge is 0.269 e. The van der Waals surface area contributed by atoms with Gasteiger partial charge in [-0.3, -0.25) is 14.8 Å². The summed E-state index contributed by atoms with van der Waals surface area (Å²) in [6, 6.07) is 6.09. The van der Waals surface area contributed by atoms with E-state index in [0.29, 0.717) is 0 Å². The van der Waals surface area contributed by atoms with Gasteiger partial charge in [-0.15, -0.1) is 0 Å². The number of sulfonamides is 1.